The maximum atomic E-state index is 13.0. The molecule has 0 unspecified atom stereocenters. The summed E-state index contributed by atoms with van der Waals surface area (Å²) in [6, 6.07) is 4.30. The Morgan fingerprint density at radius 3 is 2.58 bits per heavy atom. The number of halogens is 3. The van der Waals surface area contributed by atoms with Crippen LogP contribution < -0.4 is 10.6 Å². The van der Waals surface area contributed by atoms with Crippen molar-refractivity contribution in [2.45, 2.75) is 19.1 Å². The van der Waals surface area contributed by atoms with E-state index >= 15 is 0 Å². The van der Waals surface area contributed by atoms with Crippen LogP contribution in [0, 0.1) is 6.92 Å². The van der Waals surface area contributed by atoms with E-state index in [1.165, 1.54) is 0 Å². The summed E-state index contributed by atoms with van der Waals surface area (Å²) in [6.45, 7) is 9.02. The van der Waals surface area contributed by atoms with Gasteiger partial charge in [0.05, 0.1) is 11.3 Å². The maximum absolute atomic E-state index is 13.0. The highest BCUT2D eigenvalue weighted by Crippen LogP contribution is 2.32. The number of guanidine groups is 1. The Hall–Kier alpha value is -2.19. The molecule has 2 heterocycles. The Labute approximate surface area is 150 Å². The fourth-order valence-electron chi connectivity index (χ4n) is 3.01. The Morgan fingerprint density at radius 1 is 1.27 bits per heavy atom. The second kappa shape index (κ2) is 7.20. The van der Waals surface area contributed by atoms with E-state index in [0.29, 0.717) is 23.8 Å². The van der Waals surface area contributed by atoms with Crippen LogP contribution in [0.25, 0.3) is 0 Å². The molecule has 5 nitrogen and oxygen atoms in total. The van der Waals surface area contributed by atoms with Gasteiger partial charge < -0.3 is 10.6 Å². The van der Waals surface area contributed by atoms with Crippen molar-refractivity contribution >= 4 is 17.4 Å². The number of anilines is 1. The first-order valence-corrected chi connectivity index (χ1v) is 8.39. The number of hydrogen-bond donors (Lipinski definition) is 2. The molecule has 8 heteroatoms. The summed E-state index contributed by atoms with van der Waals surface area (Å²) in [6.07, 6.45) is -4.39. The lowest BCUT2D eigenvalue weighted by Crippen LogP contribution is -2.56. The van der Waals surface area contributed by atoms with Gasteiger partial charge in [-0.3, -0.25) is 9.89 Å². The molecule has 3 rings (SSSR count). The molecule has 2 N–H and O–H groups in total. The molecule has 0 amide bonds. The van der Waals surface area contributed by atoms with Gasteiger partial charge in [-0.15, -0.1) is 0 Å². The minimum absolute atomic E-state index is 0.272. The molecule has 0 atom stereocenters. The van der Waals surface area contributed by atoms with Crippen molar-refractivity contribution in [3.8, 4) is 0 Å². The van der Waals surface area contributed by atoms with Crippen LogP contribution in [0.2, 0.25) is 0 Å². The first kappa shape index (κ1) is 18.6. The fraction of sp³-hybridized carbons (Fsp3) is 0.444. The van der Waals surface area contributed by atoms with Gasteiger partial charge in [0, 0.05) is 45.0 Å². The van der Waals surface area contributed by atoms with E-state index in [4.69, 9.17) is 0 Å². The second-order valence-corrected chi connectivity index (χ2v) is 6.64. The first-order chi connectivity index (χ1) is 12.3. The Balaban J connectivity index is 1.76. The van der Waals surface area contributed by atoms with Crippen LogP contribution >= 0.6 is 0 Å². The predicted octanol–water partition coefficient (Wildman–Crippen LogP) is 2.70. The van der Waals surface area contributed by atoms with Gasteiger partial charge in [0.2, 0.25) is 5.96 Å². The minimum atomic E-state index is -4.39. The highest BCUT2D eigenvalue weighted by atomic mass is 19.4. The van der Waals surface area contributed by atoms with E-state index < -0.39 is 11.7 Å². The van der Waals surface area contributed by atoms with Crippen LogP contribution in [-0.4, -0.2) is 55.8 Å². The standard InChI is InChI=1S/C18H22F3N5/c1-11-4-13(18(19,20)21)6-14(5-11)24-17(22-3)25-16-10-26(9-12(16)2)15-7-23-8-15/h4-6,15,23H,2,7-10H2,1,3H3,(H,22,24). The number of alkyl halides is 3. The molecule has 0 radical (unpaired) electrons. The summed E-state index contributed by atoms with van der Waals surface area (Å²) in [5.41, 5.74) is 1.86. The van der Waals surface area contributed by atoms with E-state index in [-0.39, 0.29) is 5.96 Å². The molecule has 0 spiro atoms. The highest BCUT2D eigenvalue weighted by molar-refractivity contribution is 6.12. The minimum Gasteiger partial charge on any atom is -0.324 e. The van der Waals surface area contributed by atoms with E-state index in [9.17, 15) is 13.2 Å². The molecule has 2 aliphatic heterocycles. The van der Waals surface area contributed by atoms with E-state index in [2.05, 4.69) is 32.1 Å². The third-order valence-electron chi connectivity index (χ3n) is 4.54. The fourth-order valence-corrected chi connectivity index (χ4v) is 3.01. The second-order valence-electron chi connectivity index (χ2n) is 6.64. The van der Waals surface area contributed by atoms with Crippen molar-refractivity contribution < 1.29 is 13.2 Å². The summed E-state index contributed by atoms with van der Waals surface area (Å²) in [7, 11) is 1.55. The lowest BCUT2D eigenvalue weighted by molar-refractivity contribution is -0.137. The van der Waals surface area contributed by atoms with Gasteiger partial charge in [0.15, 0.2) is 0 Å². The van der Waals surface area contributed by atoms with Crippen molar-refractivity contribution in [1.82, 2.24) is 10.2 Å². The summed E-state index contributed by atoms with van der Waals surface area (Å²) < 4.78 is 39.0. The zero-order chi connectivity index (χ0) is 18.9. The Bertz CT molecular complexity index is 763. The largest absolute Gasteiger partial charge is 0.416 e. The smallest absolute Gasteiger partial charge is 0.324 e. The molecule has 2 saturated heterocycles. The van der Waals surface area contributed by atoms with Crippen LogP contribution in [0.3, 0.4) is 0 Å². The molecule has 0 bridgehead atoms. The number of aryl methyl sites for hydroxylation is 1. The van der Waals surface area contributed by atoms with E-state index in [1.54, 1.807) is 20.0 Å². The monoisotopic (exact) mass is 365 g/mol. The molecule has 1 aromatic rings. The molecule has 2 aliphatic rings. The predicted molar refractivity (Wildman–Crippen MR) is 98.0 cm³/mol. The summed E-state index contributed by atoms with van der Waals surface area (Å²) >= 11 is 0. The molecule has 0 aromatic heterocycles. The molecule has 26 heavy (non-hydrogen) atoms. The van der Waals surface area contributed by atoms with Crippen molar-refractivity contribution in [3.63, 3.8) is 0 Å². The Morgan fingerprint density at radius 2 is 2.00 bits per heavy atom. The lowest BCUT2D eigenvalue weighted by atomic mass is 10.1. The van der Waals surface area contributed by atoms with Gasteiger partial charge in [-0.05, 0) is 36.3 Å². The van der Waals surface area contributed by atoms with Crippen molar-refractivity contribution in [2.24, 2.45) is 9.98 Å². The van der Waals surface area contributed by atoms with E-state index in [1.807, 2.05) is 0 Å². The molecule has 140 valence electrons. The van der Waals surface area contributed by atoms with Crippen molar-refractivity contribution in [3.05, 3.63) is 41.5 Å². The van der Waals surface area contributed by atoms with Crippen molar-refractivity contribution in [1.29, 1.82) is 0 Å². The highest BCUT2D eigenvalue weighted by Gasteiger charge is 2.32. The van der Waals surface area contributed by atoms with Crippen LogP contribution in [0.5, 0.6) is 0 Å². The molecule has 2 fully saturated rings. The van der Waals surface area contributed by atoms with Crippen LogP contribution in [0.1, 0.15) is 11.1 Å². The number of rotatable bonds is 2. The zero-order valence-corrected chi connectivity index (χ0v) is 14.8. The number of nitrogens with one attached hydrogen (secondary N) is 2. The molecule has 0 saturated carbocycles. The van der Waals surface area contributed by atoms with Gasteiger partial charge in [0.25, 0.3) is 0 Å². The SMILES string of the molecule is C=C1CN(C2CNC2)CC1=NC(=NC)Nc1cc(C)cc(C(F)(F)F)c1. The number of aliphatic imine (C=N–C) groups is 2. The zero-order valence-electron chi connectivity index (χ0n) is 14.8. The van der Waals surface area contributed by atoms with Gasteiger partial charge in [-0.25, -0.2) is 4.99 Å². The van der Waals surface area contributed by atoms with Gasteiger partial charge in [0.1, 0.15) is 0 Å². The normalized spacial score (nSPS) is 21.3. The molecular formula is C18H22F3N5. The maximum Gasteiger partial charge on any atom is 0.416 e. The molecular weight excluding hydrogens is 343 g/mol. The van der Waals surface area contributed by atoms with Gasteiger partial charge >= 0.3 is 6.18 Å². The third kappa shape index (κ3) is 4.13. The van der Waals surface area contributed by atoms with Gasteiger partial charge in [-0.2, -0.15) is 13.2 Å². The van der Waals surface area contributed by atoms with Crippen LogP contribution in [0.15, 0.2) is 40.3 Å². The number of hydrogen-bond acceptors (Lipinski definition) is 3. The third-order valence-corrected chi connectivity index (χ3v) is 4.54. The number of nitrogens with zero attached hydrogens (tertiary/aromatic N) is 3. The lowest BCUT2D eigenvalue weighted by Gasteiger charge is -2.34. The van der Waals surface area contributed by atoms with Gasteiger partial charge in [-0.1, -0.05) is 6.58 Å². The average molecular weight is 365 g/mol. The average Bonchev–Trinajstić information content (AvgIpc) is 2.83. The summed E-state index contributed by atoms with van der Waals surface area (Å²) in [5, 5.41) is 6.13. The van der Waals surface area contributed by atoms with Crippen LogP contribution in [-0.2, 0) is 6.18 Å². The molecule has 1 aromatic carbocycles. The topological polar surface area (TPSA) is 52.0 Å². The molecule has 0 aliphatic carbocycles. The van der Waals surface area contributed by atoms with Crippen LogP contribution in [0.4, 0.5) is 18.9 Å². The van der Waals surface area contributed by atoms with Crippen molar-refractivity contribution in [2.75, 3.05) is 38.5 Å². The first-order valence-electron chi connectivity index (χ1n) is 8.39. The summed E-state index contributed by atoms with van der Waals surface area (Å²) in [4.78, 5) is 10.9. The number of benzene rings is 1. The summed E-state index contributed by atoms with van der Waals surface area (Å²) in [5.74, 6) is 0.272. The Kier molecular flexibility index (Phi) is 5.15. The number of likely N-dealkylation sites (tertiary alicyclic amines) is 1. The van der Waals surface area contributed by atoms with E-state index in [0.717, 1.165) is 43.1 Å². The quantitative estimate of drug-likeness (QED) is 0.626.